The van der Waals surface area contributed by atoms with Gasteiger partial charge in [0.25, 0.3) is 0 Å². The minimum absolute atomic E-state index is 0.281. The van der Waals surface area contributed by atoms with E-state index in [-0.39, 0.29) is 6.79 Å². The second kappa shape index (κ2) is 7.85. The summed E-state index contributed by atoms with van der Waals surface area (Å²) in [7, 11) is 0. The molecule has 3 aromatic rings. The van der Waals surface area contributed by atoms with Gasteiger partial charge in [-0.1, -0.05) is 48.2 Å². The molecule has 1 atom stereocenters. The number of thioether (sulfide) groups is 1. The summed E-state index contributed by atoms with van der Waals surface area (Å²) < 4.78 is 18.9. The van der Waals surface area contributed by atoms with Crippen LogP contribution in [0.25, 0.3) is 11.4 Å². The molecule has 2 aliphatic rings. The van der Waals surface area contributed by atoms with Crippen molar-refractivity contribution in [1.82, 2.24) is 14.8 Å². The monoisotopic (exact) mass is 395 g/mol. The minimum Gasteiger partial charge on any atom is -0.454 e. The van der Waals surface area contributed by atoms with E-state index < -0.39 is 0 Å². The van der Waals surface area contributed by atoms with Gasteiger partial charge in [0, 0.05) is 17.9 Å². The molecule has 0 N–H and O–H groups in total. The SMILES string of the molecule is c1ccc(-c2nnc(SC[C@@H]3CCCO3)n2Cc2ccc3c(c2)OCO3)cc1. The first-order chi connectivity index (χ1) is 13.9. The summed E-state index contributed by atoms with van der Waals surface area (Å²) in [4.78, 5) is 0. The zero-order chi connectivity index (χ0) is 18.8. The van der Waals surface area contributed by atoms with Gasteiger partial charge in [-0.2, -0.15) is 0 Å². The molecule has 0 unspecified atom stereocenters. The Kier molecular flexibility index (Phi) is 4.93. The van der Waals surface area contributed by atoms with E-state index in [9.17, 15) is 0 Å². The van der Waals surface area contributed by atoms with Crippen LogP contribution in [0, 0.1) is 0 Å². The number of rotatable bonds is 6. The molecule has 7 heteroatoms. The van der Waals surface area contributed by atoms with Crippen LogP contribution in [0.4, 0.5) is 0 Å². The Morgan fingerprint density at radius 3 is 2.79 bits per heavy atom. The summed E-state index contributed by atoms with van der Waals surface area (Å²) in [5.41, 5.74) is 2.18. The summed E-state index contributed by atoms with van der Waals surface area (Å²) in [5, 5.41) is 9.89. The first-order valence-corrected chi connectivity index (χ1v) is 10.5. The lowest BCUT2D eigenvalue weighted by Crippen LogP contribution is -2.10. The van der Waals surface area contributed by atoms with Gasteiger partial charge in [0.05, 0.1) is 12.6 Å². The number of hydrogen-bond acceptors (Lipinski definition) is 6. The topological polar surface area (TPSA) is 58.4 Å². The molecule has 0 aliphatic carbocycles. The number of aromatic nitrogens is 3. The molecule has 5 rings (SSSR count). The maximum Gasteiger partial charge on any atom is 0.231 e. The van der Waals surface area contributed by atoms with Gasteiger partial charge in [-0.3, -0.25) is 4.57 Å². The average Bonchev–Trinajstić information content (AvgIpc) is 3.48. The Labute approximate surface area is 167 Å². The lowest BCUT2D eigenvalue weighted by molar-refractivity contribution is 0.129. The van der Waals surface area contributed by atoms with Crippen molar-refractivity contribution in [3.63, 3.8) is 0 Å². The number of benzene rings is 2. The largest absolute Gasteiger partial charge is 0.454 e. The summed E-state index contributed by atoms with van der Waals surface area (Å²) in [6.45, 7) is 1.81. The maximum atomic E-state index is 5.77. The molecule has 6 nitrogen and oxygen atoms in total. The molecule has 28 heavy (non-hydrogen) atoms. The van der Waals surface area contributed by atoms with Gasteiger partial charge in [0.15, 0.2) is 22.5 Å². The molecule has 0 amide bonds. The standard InChI is InChI=1S/C21H21N3O3S/c1-2-5-16(6-3-1)20-22-23-21(28-13-17-7-4-10-25-17)24(20)12-15-8-9-18-19(11-15)27-14-26-18/h1-3,5-6,8-9,11,17H,4,7,10,12-14H2/t17-/m0/s1. The molecule has 1 saturated heterocycles. The summed E-state index contributed by atoms with van der Waals surface area (Å²) in [6.07, 6.45) is 2.57. The number of nitrogens with zero attached hydrogens (tertiary/aromatic N) is 3. The smallest absolute Gasteiger partial charge is 0.231 e. The predicted molar refractivity (Wildman–Crippen MR) is 107 cm³/mol. The molecule has 0 bridgehead atoms. The van der Waals surface area contributed by atoms with E-state index in [1.165, 1.54) is 0 Å². The van der Waals surface area contributed by atoms with Crippen molar-refractivity contribution in [2.45, 2.75) is 30.6 Å². The van der Waals surface area contributed by atoms with E-state index in [4.69, 9.17) is 14.2 Å². The second-order valence-corrected chi connectivity index (χ2v) is 7.88. The molecule has 0 saturated carbocycles. The Hall–Kier alpha value is -2.51. The van der Waals surface area contributed by atoms with E-state index >= 15 is 0 Å². The fraction of sp³-hybridized carbons (Fsp3) is 0.333. The van der Waals surface area contributed by atoms with Crippen LogP contribution in [0.2, 0.25) is 0 Å². The van der Waals surface area contributed by atoms with Gasteiger partial charge in [-0.25, -0.2) is 0 Å². The molecular formula is C21H21N3O3S. The van der Waals surface area contributed by atoms with Gasteiger partial charge in [0.1, 0.15) is 0 Å². The fourth-order valence-corrected chi connectivity index (χ4v) is 4.51. The van der Waals surface area contributed by atoms with Crippen molar-refractivity contribution >= 4 is 11.8 Å². The van der Waals surface area contributed by atoms with Crippen molar-refractivity contribution < 1.29 is 14.2 Å². The molecule has 0 spiro atoms. The molecule has 3 heterocycles. The van der Waals surface area contributed by atoms with Gasteiger partial charge in [-0.15, -0.1) is 10.2 Å². The average molecular weight is 395 g/mol. The van der Waals surface area contributed by atoms with E-state index in [2.05, 4.69) is 33.0 Å². The predicted octanol–water partition coefficient (Wildman–Crippen LogP) is 3.99. The Bertz CT molecular complexity index is 955. The van der Waals surface area contributed by atoms with Crippen molar-refractivity contribution in [1.29, 1.82) is 0 Å². The minimum atomic E-state index is 0.281. The van der Waals surface area contributed by atoms with Crippen molar-refractivity contribution in [3.8, 4) is 22.9 Å². The molecule has 1 fully saturated rings. The molecule has 1 aromatic heterocycles. The van der Waals surface area contributed by atoms with Crippen LogP contribution >= 0.6 is 11.8 Å². The first-order valence-electron chi connectivity index (χ1n) is 9.48. The van der Waals surface area contributed by atoms with E-state index in [1.54, 1.807) is 11.8 Å². The second-order valence-electron chi connectivity index (χ2n) is 6.89. The molecule has 144 valence electrons. The zero-order valence-electron chi connectivity index (χ0n) is 15.4. The molecule has 0 radical (unpaired) electrons. The van der Waals surface area contributed by atoms with Crippen LogP contribution in [0.5, 0.6) is 11.5 Å². The normalized spacial score (nSPS) is 17.9. The molecule has 2 aliphatic heterocycles. The third kappa shape index (κ3) is 3.59. The Balaban J connectivity index is 1.45. The van der Waals surface area contributed by atoms with Crippen LogP contribution in [0.15, 0.2) is 53.7 Å². The molecule has 2 aromatic carbocycles. The van der Waals surface area contributed by atoms with E-state index in [0.717, 1.165) is 58.8 Å². The lowest BCUT2D eigenvalue weighted by Gasteiger charge is -2.12. The lowest BCUT2D eigenvalue weighted by atomic mass is 10.2. The van der Waals surface area contributed by atoms with Gasteiger partial charge in [-0.05, 0) is 30.5 Å². The van der Waals surface area contributed by atoms with Crippen LogP contribution in [0.1, 0.15) is 18.4 Å². The third-order valence-corrected chi connectivity index (χ3v) is 6.05. The van der Waals surface area contributed by atoms with Crippen LogP contribution in [-0.2, 0) is 11.3 Å². The highest BCUT2D eigenvalue weighted by Crippen LogP contribution is 2.34. The van der Waals surface area contributed by atoms with E-state index in [0.29, 0.717) is 12.6 Å². The van der Waals surface area contributed by atoms with Crippen molar-refractivity contribution in [3.05, 3.63) is 54.1 Å². The van der Waals surface area contributed by atoms with Gasteiger partial charge in [0.2, 0.25) is 6.79 Å². The summed E-state index contributed by atoms with van der Waals surface area (Å²) in [6, 6.07) is 16.2. The number of ether oxygens (including phenoxy) is 3. The third-order valence-electron chi connectivity index (χ3n) is 4.95. The number of fused-ring (bicyclic) bond motifs is 1. The first kappa shape index (κ1) is 17.6. The highest BCUT2D eigenvalue weighted by atomic mass is 32.2. The van der Waals surface area contributed by atoms with Crippen LogP contribution in [-0.4, -0.2) is 40.0 Å². The highest BCUT2D eigenvalue weighted by Gasteiger charge is 2.20. The van der Waals surface area contributed by atoms with Crippen LogP contribution < -0.4 is 9.47 Å². The quantitative estimate of drug-likeness (QED) is 0.588. The highest BCUT2D eigenvalue weighted by molar-refractivity contribution is 7.99. The number of hydrogen-bond donors (Lipinski definition) is 0. The van der Waals surface area contributed by atoms with Crippen molar-refractivity contribution in [2.24, 2.45) is 0 Å². The Morgan fingerprint density at radius 2 is 1.93 bits per heavy atom. The Morgan fingerprint density at radius 1 is 1.04 bits per heavy atom. The summed E-state index contributed by atoms with van der Waals surface area (Å²) in [5.74, 6) is 3.35. The van der Waals surface area contributed by atoms with Crippen molar-refractivity contribution in [2.75, 3.05) is 19.2 Å². The summed E-state index contributed by atoms with van der Waals surface area (Å²) >= 11 is 1.71. The van der Waals surface area contributed by atoms with Gasteiger partial charge >= 0.3 is 0 Å². The van der Waals surface area contributed by atoms with Crippen LogP contribution in [0.3, 0.4) is 0 Å². The fourth-order valence-electron chi connectivity index (χ4n) is 3.50. The molecular weight excluding hydrogens is 374 g/mol. The zero-order valence-corrected chi connectivity index (χ0v) is 16.2. The maximum absolute atomic E-state index is 5.77. The van der Waals surface area contributed by atoms with Gasteiger partial charge < -0.3 is 14.2 Å². The van der Waals surface area contributed by atoms with E-state index in [1.807, 2.05) is 30.3 Å².